The molecule has 1 atom stereocenters. The van der Waals surface area contributed by atoms with Gasteiger partial charge in [-0.1, -0.05) is 13.8 Å². The first kappa shape index (κ1) is 13.8. The van der Waals surface area contributed by atoms with Crippen LogP contribution >= 0.6 is 0 Å². The minimum atomic E-state index is -0.194. The van der Waals surface area contributed by atoms with Crippen LogP contribution in [-0.2, 0) is 16.1 Å². The van der Waals surface area contributed by atoms with Gasteiger partial charge in [-0.15, -0.1) is 0 Å². The number of aromatic nitrogens is 1. The third-order valence-corrected chi connectivity index (χ3v) is 2.73. The number of carbonyl (C=O) groups excluding carboxylic acids is 1. The Hall–Kier alpha value is -1.29. The van der Waals surface area contributed by atoms with Crippen LogP contribution in [0.15, 0.2) is 18.5 Å². The molecule has 4 nitrogen and oxygen atoms in total. The van der Waals surface area contributed by atoms with Gasteiger partial charge in [0.15, 0.2) is 0 Å². The smallest absolute Gasteiger partial charge is 0.325 e. The molecule has 0 bridgehead atoms. The number of hydrogen-bond acceptors (Lipinski definition) is 3. The van der Waals surface area contributed by atoms with E-state index in [1.165, 1.54) is 5.56 Å². The highest BCUT2D eigenvalue weighted by molar-refractivity contribution is 5.69. The molecule has 0 spiro atoms. The summed E-state index contributed by atoms with van der Waals surface area (Å²) in [5.74, 6) is 0.318. The number of rotatable bonds is 6. The summed E-state index contributed by atoms with van der Waals surface area (Å²) in [5.41, 5.74) is 1.20. The van der Waals surface area contributed by atoms with E-state index in [-0.39, 0.29) is 12.5 Å². The Morgan fingerprint density at radius 2 is 2.24 bits per heavy atom. The van der Waals surface area contributed by atoms with Crippen LogP contribution in [-0.4, -0.2) is 24.2 Å². The van der Waals surface area contributed by atoms with Crippen LogP contribution < -0.4 is 5.32 Å². The zero-order valence-electron chi connectivity index (χ0n) is 11.1. The predicted octanol–water partition coefficient (Wildman–Crippen LogP) is 1.97. The largest absolute Gasteiger partial charge is 0.465 e. The Morgan fingerprint density at radius 3 is 2.76 bits per heavy atom. The average molecular weight is 238 g/mol. The van der Waals surface area contributed by atoms with Crippen LogP contribution in [0.5, 0.6) is 0 Å². The van der Waals surface area contributed by atoms with Gasteiger partial charge in [0.05, 0.1) is 6.61 Å². The number of ether oxygens (including phenoxy) is 1. The molecule has 17 heavy (non-hydrogen) atoms. The lowest BCUT2D eigenvalue weighted by molar-refractivity contribution is -0.143. The predicted molar refractivity (Wildman–Crippen MR) is 67.7 cm³/mol. The molecule has 0 amide bonds. The summed E-state index contributed by atoms with van der Waals surface area (Å²) in [6.07, 6.45) is 3.91. The van der Waals surface area contributed by atoms with Crippen molar-refractivity contribution in [3.63, 3.8) is 0 Å². The second-order valence-electron chi connectivity index (χ2n) is 4.43. The maximum Gasteiger partial charge on any atom is 0.325 e. The molecule has 0 aliphatic carbocycles. The van der Waals surface area contributed by atoms with Gasteiger partial charge in [0.2, 0.25) is 0 Å². The molecule has 1 aromatic heterocycles. The molecule has 0 saturated carbocycles. The molecule has 0 saturated heterocycles. The number of hydrogen-bond donors (Lipinski definition) is 1. The zero-order chi connectivity index (χ0) is 12.8. The Kier molecular flexibility index (Phi) is 5.22. The summed E-state index contributed by atoms with van der Waals surface area (Å²) >= 11 is 0. The zero-order valence-corrected chi connectivity index (χ0v) is 11.1. The van der Waals surface area contributed by atoms with Gasteiger partial charge in [-0.05, 0) is 31.5 Å². The van der Waals surface area contributed by atoms with E-state index >= 15 is 0 Å². The van der Waals surface area contributed by atoms with E-state index in [1.807, 2.05) is 37.0 Å². The van der Waals surface area contributed by atoms with E-state index in [1.54, 1.807) is 0 Å². The molecule has 0 aliphatic heterocycles. The fourth-order valence-corrected chi connectivity index (χ4v) is 1.98. The Balaban J connectivity index is 2.67. The van der Waals surface area contributed by atoms with Crippen LogP contribution in [0.1, 0.15) is 32.4 Å². The Morgan fingerprint density at radius 1 is 1.53 bits per heavy atom. The molecule has 0 radical (unpaired) electrons. The van der Waals surface area contributed by atoms with E-state index in [0.717, 1.165) is 0 Å². The van der Waals surface area contributed by atoms with Crippen LogP contribution in [0, 0.1) is 5.92 Å². The summed E-state index contributed by atoms with van der Waals surface area (Å²) < 4.78 is 6.78. The van der Waals surface area contributed by atoms with Gasteiger partial charge in [0.1, 0.15) is 6.54 Å². The molecule has 96 valence electrons. The first-order valence-corrected chi connectivity index (χ1v) is 6.07. The maximum absolute atomic E-state index is 11.3. The first-order chi connectivity index (χ1) is 8.08. The van der Waals surface area contributed by atoms with Crippen molar-refractivity contribution < 1.29 is 9.53 Å². The standard InChI is InChI=1S/C13H22N2O2/c1-5-17-12(16)9-15-7-6-11(8-15)13(14-4)10(2)3/h6-8,10,13-14H,5,9H2,1-4H3. The third kappa shape index (κ3) is 3.89. The fraction of sp³-hybridized carbons (Fsp3) is 0.615. The summed E-state index contributed by atoms with van der Waals surface area (Å²) in [6.45, 7) is 6.86. The van der Waals surface area contributed by atoms with Crippen LogP contribution in [0.25, 0.3) is 0 Å². The number of esters is 1. The van der Waals surface area contributed by atoms with Crippen molar-refractivity contribution in [2.24, 2.45) is 5.92 Å². The summed E-state index contributed by atoms with van der Waals surface area (Å²) in [7, 11) is 1.95. The highest BCUT2D eigenvalue weighted by Gasteiger charge is 2.15. The minimum absolute atomic E-state index is 0.194. The number of nitrogens with zero attached hydrogens (tertiary/aromatic N) is 1. The highest BCUT2D eigenvalue weighted by atomic mass is 16.5. The van der Waals surface area contributed by atoms with Crippen LogP contribution in [0.4, 0.5) is 0 Å². The first-order valence-electron chi connectivity index (χ1n) is 6.07. The van der Waals surface area contributed by atoms with Crippen molar-refractivity contribution in [3.05, 3.63) is 24.0 Å². The molecule has 1 N–H and O–H groups in total. The summed E-state index contributed by atoms with van der Waals surface area (Å²) in [5, 5.41) is 3.28. The second-order valence-corrected chi connectivity index (χ2v) is 4.43. The van der Waals surface area contributed by atoms with Crippen molar-refractivity contribution in [3.8, 4) is 0 Å². The quantitative estimate of drug-likeness (QED) is 0.770. The van der Waals surface area contributed by atoms with E-state index in [9.17, 15) is 4.79 Å². The second kappa shape index (κ2) is 6.45. The summed E-state index contributed by atoms with van der Waals surface area (Å²) in [4.78, 5) is 11.3. The van der Waals surface area contributed by atoms with Crippen LogP contribution in [0.3, 0.4) is 0 Å². The lowest BCUT2D eigenvalue weighted by Crippen LogP contribution is -2.21. The fourth-order valence-electron chi connectivity index (χ4n) is 1.98. The topological polar surface area (TPSA) is 43.3 Å². The monoisotopic (exact) mass is 238 g/mol. The number of carbonyl (C=O) groups is 1. The number of nitrogens with one attached hydrogen (secondary N) is 1. The highest BCUT2D eigenvalue weighted by Crippen LogP contribution is 2.21. The molecule has 4 heteroatoms. The molecule has 1 heterocycles. The molecule has 0 aliphatic rings. The molecular formula is C13H22N2O2. The molecular weight excluding hydrogens is 216 g/mol. The van der Waals surface area contributed by atoms with Gasteiger partial charge >= 0.3 is 5.97 Å². The van der Waals surface area contributed by atoms with E-state index in [2.05, 4.69) is 19.2 Å². The van der Waals surface area contributed by atoms with Crippen molar-refractivity contribution >= 4 is 5.97 Å². The third-order valence-electron chi connectivity index (χ3n) is 2.73. The average Bonchev–Trinajstić information content (AvgIpc) is 2.67. The lowest BCUT2D eigenvalue weighted by atomic mass is 9.99. The Bertz CT molecular complexity index is 358. The van der Waals surface area contributed by atoms with Crippen molar-refractivity contribution in [2.45, 2.75) is 33.4 Å². The summed E-state index contributed by atoms with van der Waals surface area (Å²) in [6, 6.07) is 2.36. The van der Waals surface area contributed by atoms with Gasteiger partial charge in [-0.25, -0.2) is 0 Å². The molecule has 1 aromatic rings. The molecule has 1 rings (SSSR count). The normalized spacial score (nSPS) is 12.8. The van der Waals surface area contributed by atoms with Gasteiger partial charge in [-0.2, -0.15) is 0 Å². The minimum Gasteiger partial charge on any atom is -0.465 e. The molecule has 1 unspecified atom stereocenters. The molecule has 0 aromatic carbocycles. The maximum atomic E-state index is 11.3. The van der Waals surface area contributed by atoms with E-state index in [4.69, 9.17) is 4.74 Å². The van der Waals surface area contributed by atoms with Gasteiger partial charge < -0.3 is 14.6 Å². The molecule has 0 fully saturated rings. The van der Waals surface area contributed by atoms with Crippen molar-refractivity contribution in [1.29, 1.82) is 0 Å². The van der Waals surface area contributed by atoms with Crippen molar-refractivity contribution in [2.75, 3.05) is 13.7 Å². The van der Waals surface area contributed by atoms with Gasteiger partial charge in [-0.3, -0.25) is 4.79 Å². The van der Waals surface area contributed by atoms with Gasteiger partial charge in [0.25, 0.3) is 0 Å². The van der Waals surface area contributed by atoms with E-state index in [0.29, 0.717) is 18.6 Å². The Labute approximate surface area is 103 Å². The SMILES string of the molecule is CCOC(=O)Cn1ccc(C(NC)C(C)C)c1. The lowest BCUT2D eigenvalue weighted by Gasteiger charge is -2.18. The van der Waals surface area contributed by atoms with E-state index < -0.39 is 0 Å². The van der Waals surface area contributed by atoms with Crippen LogP contribution in [0.2, 0.25) is 0 Å². The van der Waals surface area contributed by atoms with Gasteiger partial charge in [0, 0.05) is 18.4 Å². The van der Waals surface area contributed by atoms with Crippen molar-refractivity contribution in [1.82, 2.24) is 9.88 Å².